The molecular weight excluding hydrogens is 262 g/mol. The number of phenols is 2. The highest BCUT2D eigenvalue weighted by Gasteiger charge is 2.30. The smallest absolute Gasteiger partial charge is 0.157 e. The van der Waals surface area contributed by atoms with Crippen molar-refractivity contribution >= 4 is 0 Å². The summed E-state index contributed by atoms with van der Waals surface area (Å²) in [4.78, 5) is 2.24. The van der Waals surface area contributed by atoms with Crippen LogP contribution in [0.15, 0.2) is 42.5 Å². The van der Waals surface area contributed by atoms with Gasteiger partial charge in [-0.25, -0.2) is 0 Å². The fourth-order valence-electron chi connectivity index (χ4n) is 3.27. The Labute approximate surface area is 125 Å². The van der Waals surface area contributed by atoms with E-state index >= 15 is 0 Å². The molecule has 2 aromatic carbocycles. The Morgan fingerprint density at radius 2 is 1.67 bits per heavy atom. The molecule has 0 amide bonds. The zero-order valence-electron chi connectivity index (χ0n) is 12.5. The summed E-state index contributed by atoms with van der Waals surface area (Å²) < 4.78 is 0. The lowest BCUT2D eigenvalue weighted by molar-refractivity contribution is 0.257. The molecule has 0 saturated carbocycles. The van der Waals surface area contributed by atoms with Gasteiger partial charge in [0, 0.05) is 12.0 Å². The summed E-state index contributed by atoms with van der Waals surface area (Å²) in [5.41, 5.74) is 3.52. The van der Waals surface area contributed by atoms with Gasteiger partial charge in [0.1, 0.15) is 0 Å². The molecule has 2 N–H and O–H groups in total. The van der Waals surface area contributed by atoms with Crippen LogP contribution in [0.5, 0.6) is 11.5 Å². The molecule has 0 saturated heterocycles. The number of aromatic hydroxyl groups is 2. The molecule has 110 valence electrons. The van der Waals surface area contributed by atoms with E-state index in [1.807, 2.05) is 6.07 Å². The molecule has 1 aliphatic rings. The third kappa shape index (κ3) is 2.61. The highest BCUT2D eigenvalue weighted by Crippen LogP contribution is 2.42. The first-order valence-corrected chi connectivity index (χ1v) is 7.32. The van der Waals surface area contributed by atoms with Gasteiger partial charge in [0.15, 0.2) is 11.5 Å². The summed E-state index contributed by atoms with van der Waals surface area (Å²) in [6.45, 7) is 0. The van der Waals surface area contributed by atoms with Crippen molar-refractivity contribution in [3.05, 3.63) is 59.2 Å². The number of fused-ring (bicyclic) bond motifs is 1. The van der Waals surface area contributed by atoms with Crippen molar-refractivity contribution in [1.29, 1.82) is 0 Å². The predicted molar refractivity (Wildman–Crippen MR) is 83.9 cm³/mol. The van der Waals surface area contributed by atoms with E-state index in [-0.39, 0.29) is 17.4 Å². The van der Waals surface area contributed by atoms with Crippen LogP contribution in [0.2, 0.25) is 0 Å². The maximum Gasteiger partial charge on any atom is 0.157 e. The molecule has 0 aliphatic heterocycles. The Morgan fingerprint density at radius 1 is 1.00 bits per heavy atom. The second-order valence-corrected chi connectivity index (χ2v) is 6.06. The van der Waals surface area contributed by atoms with E-state index in [0.717, 1.165) is 24.0 Å². The fourth-order valence-corrected chi connectivity index (χ4v) is 3.27. The molecule has 0 fully saturated rings. The molecule has 0 spiro atoms. The van der Waals surface area contributed by atoms with Crippen molar-refractivity contribution < 1.29 is 10.2 Å². The van der Waals surface area contributed by atoms with Crippen LogP contribution in [0.25, 0.3) is 0 Å². The van der Waals surface area contributed by atoms with Crippen LogP contribution in [0, 0.1) is 0 Å². The molecule has 0 unspecified atom stereocenters. The molecular formula is C18H21NO2. The maximum absolute atomic E-state index is 9.85. The Morgan fingerprint density at radius 3 is 2.33 bits per heavy atom. The van der Waals surface area contributed by atoms with Gasteiger partial charge in [-0.2, -0.15) is 0 Å². The molecule has 3 heteroatoms. The lowest BCUT2D eigenvalue weighted by atomic mass is 9.76. The number of hydrogen-bond acceptors (Lipinski definition) is 3. The van der Waals surface area contributed by atoms with E-state index < -0.39 is 0 Å². The predicted octanol–water partition coefficient (Wildman–Crippen LogP) is 3.11. The first kappa shape index (κ1) is 14.0. The summed E-state index contributed by atoms with van der Waals surface area (Å²) in [7, 11) is 4.19. The summed E-state index contributed by atoms with van der Waals surface area (Å²) in [6.07, 6.45) is 1.92. The van der Waals surface area contributed by atoms with Gasteiger partial charge in [-0.3, -0.25) is 0 Å². The number of hydrogen-bond donors (Lipinski definition) is 2. The number of benzene rings is 2. The van der Waals surface area contributed by atoms with Crippen LogP contribution < -0.4 is 0 Å². The second-order valence-electron chi connectivity index (χ2n) is 6.06. The average molecular weight is 283 g/mol. The lowest BCUT2D eigenvalue weighted by Crippen LogP contribution is -2.35. The van der Waals surface area contributed by atoms with Gasteiger partial charge in [0.05, 0.1) is 0 Å². The largest absolute Gasteiger partial charge is 0.504 e. The van der Waals surface area contributed by atoms with Crippen molar-refractivity contribution in [3.63, 3.8) is 0 Å². The first-order valence-electron chi connectivity index (χ1n) is 7.32. The summed E-state index contributed by atoms with van der Waals surface area (Å²) in [6, 6.07) is 14.3. The van der Waals surface area contributed by atoms with Gasteiger partial charge in [0.2, 0.25) is 0 Å². The molecule has 0 bridgehead atoms. The fraction of sp³-hybridized carbons (Fsp3) is 0.333. The van der Waals surface area contributed by atoms with Gasteiger partial charge >= 0.3 is 0 Å². The number of rotatable bonds is 2. The van der Waals surface area contributed by atoms with E-state index in [1.165, 1.54) is 5.56 Å². The van der Waals surface area contributed by atoms with Crippen LogP contribution >= 0.6 is 0 Å². The third-order valence-electron chi connectivity index (χ3n) is 4.51. The Balaban J connectivity index is 2.10. The Kier molecular flexibility index (Phi) is 3.60. The van der Waals surface area contributed by atoms with Crippen LogP contribution in [-0.2, 0) is 6.42 Å². The monoisotopic (exact) mass is 283 g/mol. The first-order chi connectivity index (χ1) is 10.1. The molecule has 2 atom stereocenters. The van der Waals surface area contributed by atoms with Gasteiger partial charge in [-0.1, -0.05) is 30.3 Å². The van der Waals surface area contributed by atoms with Gasteiger partial charge in [0.25, 0.3) is 0 Å². The number of nitrogens with zero attached hydrogens (tertiary/aromatic N) is 1. The minimum atomic E-state index is -0.0296. The normalized spacial score (nSPS) is 21.3. The van der Waals surface area contributed by atoms with E-state index in [9.17, 15) is 10.2 Å². The molecule has 0 heterocycles. The maximum atomic E-state index is 9.85. The molecule has 3 nitrogen and oxygen atoms in total. The van der Waals surface area contributed by atoms with E-state index in [4.69, 9.17) is 0 Å². The standard InChI is InChI=1S/C18H21NO2/c1-19(2)14-8-13-9-17(20)18(21)11-16(13)15(10-14)12-6-4-3-5-7-12/h3-7,9,11,14-15,20-21H,8,10H2,1-2H3/t14-,15+/m1/s1. The minimum Gasteiger partial charge on any atom is -0.504 e. The SMILES string of the molecule is CN(C)[C@@H]1Cc2cc(O)c(O)cc2[C@H](c2ccccc2)C1. The van der Waals surface area contributed by atoms with Gasteiger partial charge < -0.3 is 15.1 Å². The van der Waals surface area contributed by atoms with Crippen LogP contribution in [0.3, 0.4) is 0 Å². The Bertz CT molecular complexity index is 637. The zero-order chi connectivity index (χ0) is 15.0. The van der Waals surface area contributed by atoms with Crippen LogP contribution in [0.4, 0.5) is 0 Å². The molecule has 2 aromatic rings. The third-order valence-corrected chi connectivity index (χ3v) is 4.51. The second kappa shape index (κ2) is 5.41. The van der Waals surface area contributed by atoms with E-state index in [2.05, 4.69) is 43.3 Å². The van der Waals surface area contributed by atoms with E-state index in [0.29, 0.717) is 6.04 Å². The summed E-state index contributed by atoms with van der Waals surface area (Å²) in [5.74, 6) is 0.201. The Hall–Kier alpha value is -2.00. The van der Waals surface area contributed by atoms with Crippen molar-refractivity contribution in [2.45, 2.75) is 24.8 Å². The number of likely N-dealkylation sites (N-methyl/N-ethyl adjacent to an activating group) is 1. The number of phenolic OH excluding ortho intramolecular Hbond substituents is 2. The summed E-state index contributed by atoms with van der Waals surface area (Å²) >= 11 is 0. The zero-order valence-corrected chi connectivity index (χ0v) is 12.5. The van der Waals surface area contributed by atoms with Gasteiger partial charge in [-0.15, -0.1) is 0 Å². The average Bonchev–Trinajstić information content (AvgIpc) is 2.48. The highest BCUT2D eigenvalue weighted by atomic mass is 16.3. The van der Waals surface area contributed by atoms with Crippen molar-refractivity contribution in [2.24, 2.45) is 0 Å². The molecule has 3 rings (SSSR count). The van der Waals surface area contributed by atoms with Crippen LogP contribution in [-0.4, -0.2) is 35.3 Å². The highest BCUT2D eigenvalue weighted by molar-refractivity contribution is 5.51. The van der Waals surface area contributed by atoms with Crippen LogP contribution in [0.1, 0.15) is 29.0 Å². The molecule has 1 aliphatic carbocycles. The molecule has 0 radical (unpaired) electrons. The molecule has 0 aromatic heterocycles. The van der Waals surface area contributed by atoms with Crippen molar-refractivity contribution in [3.8, 4) is 11.5 Å². The van der Waals surface area contributed by atoms with E-state index in [1.54, 1.807) is 12.1 Å². The quantitative estimate of drug-likeness (QED) is 0.832. The topological polar surface area (TPSA) is 43.7 Å². The minimum absolute atomic E-state index is 0.0278. The summed E-state index contributed by atoms with van der Waals surface area (Å²) in [5, 5.41) is 19.6. The lowest BCUT2D eigenvalue weighted by Gasteiger charge is -2.35. The van der Waals surface area contributed by atoms with Gasteiger partial charge in [-0.05, 0) is 55.8 Å². The van der Waals surface area contributed by atoms with Crippen molar-refractivity contribution in [1.82, 2.24) is 4.90 Å². The molecule has 21 heavy (non-hydrogen) atoms. The van der Waals surface area contributed by atoms with Crippen molar-refractivity contribution in [2.75, 3.05) is 14.1 Å².